The van der Waals surface area contributed by atoms with Crippen LogP contribution >= 0.6 is 0 Å². The summed E-state index contributed by atoms with van der Waals surface area (Å²) in [5, 5.41) is 10.7. The molecule has 1 amide bonds. The van der Waals surface area contributed by atoms with Gasteiger partial charge in [-0.25, -0.2) is 8.42 Å². The summed E-state index contributed by atoms with van der Waals surface area (Å²) in [6, 6.07) is 22.8. The predicted molar refractivity (Wildman–Crippen MR) is 128 cm³/mol. The fourth-order valence-electron chi connectivity index (χ4n) is 4.19. The van der Waals surface area contributed by atoms with Gasteiger partial charge in [-0.05, 0) is 67.1 Å². The number of nitrogens with one attached hydrogen (secondary N) is 1. The molecule has 0 aliphatic carbocycles. The molecule has 7 heteroatoms. The molecule has 0 radical (unpaired) electrons. The van der Waals surface area contributed by atoms with Gasteiger partial charge in [0, 0.05) is 18.7 Å². The van der Waals surface area contributed by atoms with E-state index in [0.717, 1.165) is 11.1 Å². The Bertz CT molecular complexity index is 1200. The quantitative estimate of drug-likeness (QED) is 0.567. The van der Waals surface area contributed by atoms with Crippen molar-refractivity contribution >= 4 is 21.6 Å². The number of para-hydroxylation sites is 1. The van der Waals surface area contributed by atoms with Gasteiger partial charge in [-0.15, -0.1) is 0 Å². The second kappa shape index (κ2) is 9.77. The van der Waals surface area contributed by atoms with Crippen LogP contribution in [0.3, 0.4) is 0 Å². The molecule has 1 heterocycles. The monoisotopic (exact) mass is 464 g/mol. The smallest absolute Gasteiger partial charge is 0.261 e. The van der Waals surface area contributed by atoms with E-state index in [1.165, 1.54) is 12.1 Å². The molecule has 2 N–H and O–H groups in total. The van der Waals surface area contributed by atoms with Gasteiger partial charge in [0.05, 0.1) is 16.7 Å². The average molecular weight is 465 g/mol. The second-order valence-corrected chi connectivity index (χ2v) is 10.1. The van der Waals surface area contributed by atoms with E-state index in [2.05, 4.69) is 4.72 Å². The largest absolute Gasteiger partial charge is 0.388 e. The maximum Gasteiger partial charge on any atom is 0.261 e. The summed E-state index contributed by atoms with van der Waals surface area (Å²) in [7, 11) is -3.75. The number of nitrogens with zero attached hydrogens (tertiary/aromatic N) is 1. The summed E-state index contributed by atoms with van der Waals surface area (Å²) in [5.41, 5.74) is 2.71. The molecular formula is C26H28N2O4S. The van der Waals surface area contributed by atoms with Gasteiger partial charge in [-0.1, -0.05) is 48.5 Å². The van der Waals surface area contributed by atoms with Gasteiger partial charge >= 0.3 is 0 Å². The van der Waals surface area contributed by atoms with Gasteiger partial charge in [0.15, 0.2) is 0 Å². The van der Waals surface area contributed by atoms with Crippen LogP contribution < -0.4 is 4.72 Å². The lowest BCUT2D eigenvalue weighted by molar-refractivity contribution is 0.0462. The van der Waals surface area contributed by atoms with Crippen LogP contribution in [0.2, 0.25) is 0 Å². The van der Waals surface area contributed by atoms with E-state index >= 15 is 0 Å². The van der Waals surface area contributed by atoms with Crippen molar-refractivity contribution in [2.75, 3.05) is 17.8 Å². The molecule has 0 bridgehead atoms. The highest BCUT2D eigenvalue weighted by atomic mass is 32.2. The minimum absolute atomic E-state index is 0.104. The molecule has 0 spiro atoms. The number of hydrogen-bond acceptors (Lipinski definition) is 4. The van der Waals surface area contributed by atoms with Crippen molar-refractivity contribution in [2.45, 2.75) is 30.8 Å². The number of anilines is 1. The van der Waals surface area contributed by atoms with Gasteiger partial charge in [0.2, 0.25) is 0 Å². The van der Waals surface area contributed by atoms with Crippen LogP contribution in [-0.4, -0.2) is 37.4 Å². The number of aliphatic hydroxyl groups excluding tert-OH is 1. The summed E-state index contributed by atoms with van der Waals surface area (Å²) in [5.74, 6) is -0.0186. The highest BCUT2D eigenvalue weighted by molar-refractivity contribution is 7.92. The lowest BCUT2D eigenvalue weighted by Gasteiger charge is -2.34. The topological polar surface area (TPSA) is 86.7 Å². The van der Waals surface area contributed by atoms with E-state index in [1.807, 2.05) is 49.4 Å². The Hall–Kier alpha value is -3.16. The van der Waals surface area contributed by atoms with Crippen molar-refractivity contribution in [3.8, 4) is 0 Å². The van der Waals surface area contributed by atoms with Crippen molar-refractivity contribution < 1.29 is 18.3 Å². The van der Waals surface area contributed by atoms with E-state index in [0.29, 0.717) is 37.2 Å². The number of aliphatic hydroxyl groups is 1. The van der Waals surface area contributed by atoms with Crippen molar-refractivity contribution in [3.63, 3.8) is 0 Å². The number of hydrogen-bond donors (Lipinski definition) is 2. The fourth-order valence-corrected chi connectivity index (χ4v) is 5.32. The first-order valence-corrected chi connectivity index (χ1v) is 12.5. The predicted octanol–water partition coefficient (Wildman–Crippen LogP) is 4.38. The van der Waals surface area contributed by atoms with Crippen LogP contribution in [-0.2, 0) is 10.0 Å². The highest BCUT2D eigenvalue weighted by Crippen LogP contribution is 2.31. The zero-order valence-electron chi connectivity index (χ0n) is 18.5. The van der Waals surface area contributed by atoms with Gasteiger partial charge in [-0.3, -0.25) is 9.52 Å². The first-order chi connectivity index (χ1) is 15.8. The number of piperidine rings is 1. The van der Waals surface area contributed by atoms with Gasteiger partial charge in [-0.2, -0.15) is 0 Å². The van der Waals surface area contributed by atoms with E-state index in [1.54, 1.807) is 29.2 Å². The van der Waals surface area contributed by atoms with Crippen LogP contribution in [0.25, 0.3) is 0 Å². The Balaban J connectivity index is 1.38. The Morgan fingerprint density at radius 1 is 0.939 bits per heavy atom. The minimum Gasteiger partial charge on any atom is -0.388 e. The molecule has 3 aromatic carbocycles. The number of sulfonamides is 1. The summed E-state index contributed by atoms with van der Waals surface area (Å²) in [4.78, 5) is 14.8. The zero-order chi connectivity index (χ0) is 23.4. The Morgan fingerprint density at radius 2 is 1.55 bits per heavy atom. The number of rotatable bonds is 6. The molecule has 6 nitrogen and oxygen atoms in total. The molecule has 172 valence electrons. The molecule has 0 saturated carbocycles. The number of benzene rings is 3. The van der Waals surface area contributed by atoms with Crippen molar-refractivity contribution in [1.82, 2.24) is 4.90 Å². The molecule has 33 heavy (non-hydrogen) atoms. The van der Waals surface area contributed by atoms with Crippen LogP contribution in [0.4, 0.5) is 5.69 Å². The van der Waals surface area contributed by atoms with Crippen LogP contribution in [0.1, 0.15) is 40.4 Å². The summed E-state index contributed by atoms with van der Waals surface area (Å²) < 4.78 is 28.0. The Kier molecular flexibility index (Phi) is 6.81. The van der Waals surface area contributed by atoms with E-state index < -0.39 is 16.1 Å². The van der Waals surface area contributed by atoms with E-state index in [4.69, 9.17) is 0 Å². The van der Waals surface area contributed by atoms with Crippen molar-refractivity contribution in [3.05, 3.63) is 95.6 Å². The molecule has 1 saturated heterocycles. The lowest BCUT2D eigenvalue weighted by Crippen LogP contribution is -2.39. The van der Waals surface area contributed by atoms with E-state index in [-0.39, 0.29) is 16.7 Å². The summed E-state index contributed by atoms with van der Waals surface area (Å²) in [6.45, 7) is 2.95. The molecule has 1 atom stereocenters. The molecule has 0 aromatic heterocycles. The first-order valence-electron chi connectivity index (χ1n) is 11.1. The minimum atomic E-state index is -3.75. The first kappa shape index (κ1) is 23.0. The van der Waals surface area contributed by atoms with Crippen LogP contribution in [0.5, 0.6) is 0 Å². The molecule has 1 aliphatic heterocycles. The maximum atomic E-state index is 12.9. The van der Waals surface area contributed by atoms with Crippen LogP contribution in [0.15, 0.2) is 83.8 Å². The standard InChI is InChI=1S/C26H28N2O4S/c1-19-7-5-6-10-24(19)27-33(31,32)23-13-11-22(12-14-23)26(30)28-17-15-21(16-18-28)25(29)20-8-3-2-4-9-20/h2-14,21,25,27,29H,15-18H2,1H3. The average Bonchev–Trinajstić information content (AvgIpc) is 2.85. The molecule has 4 rings (SSSR count). The third-order valence-electron chi connectivity index (χ3n) is 6.22. The van der Waals surface area contributed by atoms with E-state index in [9.17, 15) is 18.3 Å². The Morgan fingerprint density at radius 3 is 2.18 bits per heavy atom. The number of likely N-dealkylation sites (tertiary alicyclic amines) is 1. The number of aryl methyl sites for hydroxylation is 1. The number of carbonyl (C=O) groups excluding carboxylic acids is 1. The molecule has 3 aromatic rings. The lowest BCUT2D eigenvalue weighted by atomic mass is 9.87. The number of amides is 1. The van der Waals surface area contributed by atoms with Crippen molar-refractivity contribution in [1.29, 1.82) is 0 Å². The van der Waals surface area contributed by atoms with Crippen molar-refractivity contribution in [2.24, 2.45) is 5.92 Å². The maximum absolute atomic E-state index is 12.9. The Labute approximate surface area is 194 Å². The second-order valence-electron chi connectivity index (χ2n) is 8.43. The zero-order valence-corrected chi connectivity index (χ0v) is 19.3. The number of carbonyl (C=O) groups is 1. The van der Waals surface area contributed by atoms with Gasteiger partial charge in [0.1, 0.15) is 0 Å². The third-order valence-corrected chi connectivity index (χ3v) is 7.60. The van der Waals surface area contributed by atoms with Gasteiger partial charge in [0.25, 0.3) is 15.9 Å². The fraction of sp³-hybridized carbons (Fsp3) is 0.269. The SMILES string of the molecule is Cc1ccccc1NS(=O)(=O)c1ccc(C(=O)N2CCC(C(O)c3ccccc3)CC2)cc1. The molecule has 1 unspecified atom stereocenters. The van der Waals surface area contributed by atoms with Crippen LogP contribution in [0, 0.1) is 12.8 Å². The third kappa shape index (κ3) is 5.26. The molecule has 1 aliphatic rings. The summed E-state index contributed by atoms with van der Waals surface area (Å²) >= 11 is 0. The molecule has 1 fully saturated rings. The summed E-state index contributed by atoms with van der Waals surface area (Å²) in [6.07, 6.45) is 0.900. The highest BCUT2D eigenvalue weighted by Gasteiger charge is 2.29. The van der Waals surface area contributed by atoms with Gasteiger partial charge < -0.3 is 10.0 Å². The normalized spacial score (nSPS) is 15.8. The molecular weight excluding hydrogens is 436 g/mol.